The van der Waals surface area contributed by atoms with Crippen LogP contribution < -0.4 is 5.32 Å². The molecule has 2 aromatic carbocycles. The molecule has 0 saturated carbocycles. The van der Waals surface area contributed by atoms with E-state index in [1.807, 2.05) is 0 Å². The van der Waals surface area contributed by atoms with E-state index in [-0.39, 0.29) is 23.7 Å². The fraction of sp³-hybridized carbons (Fsp3) is 0.133. The van der Waals surface area contributed by atoms with Crippen LogP contribution in [0.15, 0.2) is 36.4 Å². The van der Waals surface area contributed by atoms with Gasteiger partial charge in [-0.15, -0.1) is 0 Å². The van der Waals surface area contributed by atoms with Crippen molar-refractivity contribution in [1.29, 1.82) is 0 Å². The number of carboxylic acid groups (broad SMARTS) is 1. The Morgan fingerprint density at radius 2 is 1.86 bits per heavy atom. The van der Waals surface area contributed by atoms with E-state index in [0.717, 1.165) is 12.1 Å². The maximum Gasteiger partial charge on any atom is 0.307 e. The Morgan fingerprint density at radius 3 is 2.48 bits per heavy atom. The number of nitrogens with one attached hydrogen (secondary N) is 1. The second-order valence-corrected chi connectivity index (χ2v) is 4.84. The number of anilines is 1. The van der Waals surface area contributed by atoms with E-state index in [1.54, 1.807) is 24.3 Å². The lowest BCUT2D eigenvalue weighted by Gasteiger charge is -2.12. The molecular weight excluding hydrogens is 300 g/mol. The maximum absolute atomic E-state index is 13.6. The third-order valence-electron chi connectivity index (χ3n) is 2.92. The number of carbonyl (C=O) groups is 1. The summed E-state index contributed by atoms with van der Waals surface area (Å²) in [5, 5.41) is 11.6. The van der Waals surface area contributed by atoms with Crippen molar-refractivity contribution in [2.75, 3.05) is 5.32 Å². The first-order chi connectivity index (χ1) is 9.97. The van der Waals surface area contributed by atoms with Crippen molar-refractivity contribution in [1.82, 2.24) is 0 Å². The standard InChI is InChI=1S/C15H12ClF2NO2/c16-12-6-11(17)7-13(18)15(12)19-8-10-4-2-1-3-9(10)5-14(20)21/h1-4,6-7,19H,5,8H2,(H,20,21). The van der Waals surface area contributed by atoms with Crippen molar-refractivity contribution in [3.63, 3.8) is 0 Å². The predicted octanol–water partition coefficient (Wildman–Crippen LogP) is 3.86. The third-order valence-corrected chi connectivity index (χ3v) is 3.22. The summed E-state index contributed by atoms with van der Waals surface area (Å²) in [6.45, 7) is 0.186. The van der Waals surface area contributed by atoms with Crippen molar-refractivity contribution >= 4 is 23.3 Å². The summed E-state index contributed by atoms with van der Waals surface area (Å²) in [6, 6.07) is 8.65. The van der Waals surface area contributed by atoms with Gasteiger partial charge in [0.25, 0.3) is 0 Å². The summed E-state index contributed by atoms with van der Waals surface area (Å²) in [6.07, 6.45) is -0.127. The highest BCUT2D eigenvalue weighted by Crippen LogP contribution is 2.27. The lowest BCUT2D eigenvalue weighted by atomic mass is 10.0. The highest BCUT2D eigenvalue weighted by molar-refractivity contribution is 6.33. The molecule has 0 spiro atoms. The maximum atomic E-state index is 13.6. The van der Waals surface area contributed by atoms with Crippen molar-refractivity contribution < 1.29 is 18.7 Å². The first-order valence-corrected chi connectivity index (χ1v) is 6.52. The van der Waals surface area contributed by atoms with Gasteiger partial charge in [-0.3, -0.25) is 4.79 Å². The number of hydrogen-bond donors (Lipinski definition) is 2. The minimum atomic E-state index is -0.951. The summed E-state index contributed by atoms with van der Waals surface area (Å²) >= 11 is 5.79. The number of benzene rings is 2. The van der Waals surface area contributed by atoms with Gasteiger partial charge < -0.3 is 10.4 Å². The van der Waals surface area contributed by atoms with Gasteiger partial charge in [0.15, 0.2) is 5.82 Å². The van der Waals surface area contributed by atoms with Gasteiger partial charge >= 0.3 is 5.97 Å². The normalized spacial score (nSPS) is 10.4. The Hall–Kier alpha value is -2.14. The zero-order chi connectivity index (χ0) is 15.4. The molecule has 2 aromatic rings. The molecule has 0 unspecified atom stereocenters. The summed E-state index contributed by atoms with van der Waals surface area (Å²) < 4.78 is 26.6. The van der Waals surface area contributed by atoms with Crippen LogP contribution in [0, 0.1) is 11.6 Å². The Labute approximate surface area is 125 Å². The fourth-order valence-electron chi connectivity index (χ4n) is 1.96. The molecule has 0 amide bonds. The third kappa shape index (κ3) is 3.92. The molecular formula is C15H12ClF2NO2. The number of aliphatic carboxylic acids is 1. The highest BCUT2D eigenvalue weighted by Gasteiger charge is 2.11. The molecule has 2 N–H and O–H groups in total. The minimum absolute atomic E-state index is 0.0109. The van der Waals surface area contributed by atoms with Crippen molar-refractivity contribution in [2.24, 2.45) is 0 Å². The van der Waals surface area contributed by atoms with Gasteiger partial charge in [-0.25, -0.2) is 8.78 Å². The monoisotopic (exact) mass is 311 g/mol. The van der Waals surface area contributed by atoms with Crippen LogP contribution >= 0.6 is 11.6 Å². The average molecular weight is 312 g/mol. The fourth-order valence-corrected chi connectivity index (χ4v) is 2.22. The molecule has 110 valence electrons. The molecule has 0 heterocycles. The number of hydrogen-bond acceptors (Lipinski definition) is 2. The van der Waals surface area contributed by atoms with Crippen molar-refractivity contribution in [2.45, 2.75) is 13.0 Å². The topological polar surface area (TPSA) is 49.3 Å². The summed E-state index contributed by atoms with van der Waals surface area (Å²) in [4.78, 5) is 10.8. The van der Waals surface area contributed by atoms with Gasteiger partial charge in [0, 0.05) is 12.6 Å². The van der Waals surface area contributed by atoms with Crippen LogP contribution in [-0.4, -0.2) is 11.1 Å². The van der Waals surface area contributed by atoms with E-state index in [1.165, 1.54) is 0 Å². The van der Waals surface area contributed by atoms with Gasteiger partial charge in [-0.05, 0) is 17.2 Å². The van der Waals surface area contributed by atoms with Crippen LogP contribution in [0.25, 0.3) is 0 Å². The second-order valence-electron chi connectivity index (χ2n) is 4.44. The largest absolute Gasteiger partial charge is 0.481 e. The van der Waals surface area contributed by atoms with Gasteiger partial charge in [0.1, 0.15) is 5.82 Å². The Bertz CT molecular complexity index is 653. The number of halogens is 3. The molecule has 2 rings (SSSR count). The molecule has 6 heteroatoms. The van der Waals surface area contributed by atoms with Gasteiger partial charge in [0.2, 0.25) is 0 Å². The van der Waals surface area contributed by atoms with Crippen LogP contribution in [0.3, 0.4) is 0 Å². The van der Waals surface area contributed by atoms with E-state index in [0.29, 0.717) is 11.1 Å². The molecule has 0 saturated heterocycles. The molecule has 3 nitrogen and oxygen atoms in total. The van der Waals surface area contributed by atoms with Crippen molar-refractivity contribution in [3.05, 3.63) is 64.2 Å². The van der Waals surface area contributed by atoms with Crippen LogP contribution in [0.5, 0.6) is 0 Å². The molecule has 0 aliphatic carbocycles. The average Bonchev–Trinajstić information content (AvgIpc) is 2.38. The van der Waals surface area contributed by atoms with Crippen molar-refractivity contribution in [3.8, 4) is 0 Å². The van der Waals surface area contributed by atoms with E-state index in [4.69, 9.17) is 16.7 Å². The number of rotatable bonds is 5. The number of carboxylic acids is 1. The van der Waals surface area contributed by atoms with Crippen LogP contribution in [-0.2, 0) is 17.8 Å². The van der Waals surface area contributed by atoms with E-state index >= 15 is 0 Å². The van der Waals surface area contributed by atoms with Crippen LogP contribution in [0.2, 0.25) is 5.02 Å². The van der Waals surface area contributed by atoms with Gasteiger partial charge in [-0.1, -0.05) is 35.9 Å². The molecule has 21 heavy (non-hydrogen) atoms. The summed E-state index contributed by atoms with van der Waals surface area (Å²) in [5.41, 5.74) is 1.32. The lowest BCUT2D eigenvalue weighted by molar-refractivity contribution is -0.136. The lowest BCUT2D eigenvalue weighted by Crippen LogP contribution is -2.08. The summed E-state index contributed by atoms with van der Waals surface area (Å²) in [5.74, 6) is -2.50. The van der Waals surface area contributed by atoms with Crippen LogP contribution in [0.4, 0.5) is 14.5 Å². The molecule has 0 bridgehead atoms. The van der Waals surface area contributed by atoms with E-state index in [9.17, 15) is 13.6 Å². The molecule has 0 aromatic heterocycles. The first kappa shape index (κ1) is 15.3. The zero-order valence-electron chi connectivity index (χ0n) is 10.9. The molecule has 0 fully saturated rings. The van der Waals surface area contributed by atoms with Gasteiger partial charge in [0.05, 0.1) is 17.1 Å². The van der Waals surface area contributed by atoms with Gasteiger partial charge in [-0.2, -0.15) is 0 Å². The minimum Gasteiger partial charge on any atom is -0.481 e. The molecule has 0 aliphatic rings. The first-order valence-electron chi connectivity index (χ1n) is 6.14. The SMILES string of the molecule is O=C(O)Cc1ccccc1CNc1c(F)cc(F)cc1Cl. The Balaban J connectivity index is 2.19. The van der Waals surface area contributed by atoms with Crippen LogP contribution in [0.1, 0.15) is 11.1 Å². The molecule has 0 aliphatic heterocycles. The van der Waals surface area contributed by atoms with E-state index in [2.05, 4.69) is 5.32 Å². The molecule has 0 atom stereocenters. The zero-order valence-corrected chi connectivity index (χ0v) is 11.6. The Kier molecular flexibility index (Phi) is 4.75. The quantitative estimate of drug-likeness (QED) is 0.881. The van der Waals surface area contributed by atoms with E-state index < -0.39 is 17.6 Å². The second kappa shape index (κ2) is 6.54. The predicted molar refractivity (Wildman–Crippen MR) is 76.5 cm³/mol. The Morgan fingerprint density at radius 1 is 1.19 bits per heavy atom. The molecule has 0 radical (unpaired) electrons. The smallest absolute Gasteiger partial charge is 0.307 e. The summed E-state index contributed by atoms with van der Waals surface area (Å²) in [7, 11) is 0. The highest BCUT2D eigenvalue weighted by atomic mass is 35.5.